The average Bonchev–Trinajstić information content (AvgIpc) is 2.66. The number of benzene rings is 1. The molecule has 1 aromatic carbocycles. The SMILES string of the molecule is Cc1ccc([N+](=O)[O-])c(NC(=O)C[NH+]2CCN(c3ncccn3)CC2)c1C. The maximum absolute atomic E-state index is 12.5. The number of amides is 1. The number of nitrogens with zero attached hydrogens (tertiary/aromatic N) is 4. The van der Waals surface area contributed by atoms with E-state index in [4.69, 9.17) is 0 Å². The average molecular weight is 371 g/mol. The van der Waals surface area contributed by atoms with E-state index < -0.39 is 4.92 Å². The van der Waals surface area contributed by atoms with Crippen molar-refractivity contribution in [1.82, 2.24) is 9.97 Å². The van der Waals surface area contributed by atoms with Crippen LogP contribution in [0.1, 0.15) is 11.1 Å². The topological polar surface area (TPSA) is 106 Å². The van der Waals surface area contributed by atoms with E-state index in [1.54, 1.807) is 31.5 Å². The molecule has 0 bridgehead atoms. The molecule has 142 valence electrons. The molecule has 1 aliphatic rings. The highest BCUT2D eigenvalue weighted by molar-refractivity contribution is 5.95. The minimum absolute atomic E-state index is 0.0764. The third-order valence-corrected chi connectivity index (χ3v) is 4.89. The maximum atomic E-state index is 12.5. The molecule has 9 heteroatoms. The normalized spacial score (nSPS) is 14.8. The van der Waals surface area contributed by atoms with Gasteiger partial charge in [0.1, 0.15) is 5.69 Å². The molecule has 0 atom stereocenters. The number of quaternary nitrogens is 1. The Labute approximate surface area is 157 Å². The molecule has 1 saturated heterocycles. The molecule has 2 N–H and O–H groups in total. The molecular weight excluding hydrogens is 348 g/mol. The summed E-state index contributed by atoms with van der Waals surface area (Å²) in [6.07, 6.45) is 3.43. The van der Waals surface area contributed by atoms with Gasteiger partial charge in [0.2, 0.25) is 5.95 Å². The fourth-order valence-corrected chi connectivity index (χ4v) is 3.18. The van der Waals surface area contributed by atoms with E-state index in [2.05, 4.69) is 20.2 Å². The number of hydrogen-bond acceptors (Lipinski definition) is 6. The Balaban J connectivity index is 1.60. The molecule has 3 rings (SSSR count). The van der Waals surface area contributed by atoms with Crippen molar-refractivity contribution in [2.24, 2.45) is 0 Å². The van der Waals surface area contributed by atoms with Gasteiger partial charge in [0.15, 0.2) is 6.54 Å². The van der Waals surface area contributed by atoms with Crippen LogP contribution in [0.3, 0.4) is 0 Å². The highest BCUT2D eigenvalue weighted by atomic mass is 16.6. The van der Waals surface area contributed by atoms with Crippen molar-refractivity contribution in [2.75, 3.05) is 42.9 Å². The van der Waals surface area contributed by atoms with Gasteiger partial charge in [0.25, 0.3) is 11.6 Å². The highest BCUT2D eigenvalue weighted by Crippen LogP contribution is 2.29. The molecule has 0 aliphatic carbocycles. The first-order valence-corrected chi connectivity index (χ1v) is 8.85. The molecule has 2 aromatic rings. The number of nitrogens with one attached hydrogen (secondary N) is 2. The summed E-state index contributed by atoms with van der Waals surface area (Å²) in [5.74, 6) is 0.484. The van der Waals surface area contributed by atoms with Crippen LogP contribution >= 0.6 is 0 Å². The largest absolute Gasteiger partial charge is 0.330 e. The van der Waals surface area contributed by atoms with E-state index in [1.807, 2.05) is 6.92 Å². The first kappa shape index (κ1) is 18.7. The van der Waals surface area contributed by atoms with Gasteiger partial charge in [0.05, 0.1) is 31.1 Å². The number of aryl methyl sites for hydroxylation is 1. The third kappa shape index (κ3) is 4.37. The zero-order chi connectivity index (χ0) is 19.4. The lowest BCUT2D eigenvalue weighted by molar-refractivity contribution is -0.892. The predicted octanol–water partition coefficient (Wildman–Crippen LogP) is 0.345. The van der Waals surface area contributed by atoms with Crippen LogP contribution < -0.4 is 15.1 Å². The van der Waals surface area contributed by atoms with Gasteiger partial charge in [0, 0.05) is 18.5 Å². The van der Waals surface area contributed by atoms with Gasteiger partial charge in [-0.3, -0.25) is 14.9 Å². The Morgan fingerprint density at radius 1 is 1.26 bits per heavy atom. The summed E-state index contributed by atoms with van der Waals surface area (Å²) in [5.41, 5.74) is 1.84. The summed E-state index contributed by atoms with van der Waals surface area (Å²) in [4.78, 5) is 35.0. The Morgan fingerprint density at radius 3 is 2.56 bits per heavy atom. The number of nitro benzene ring substituents is 1. The number of hydrogen-bond donors (Lipinski definition) is 2. The fourth-order valence-electron chi connectivity index (χ4n) is 3.18. The fraction of sp³-hybridized carbons (Fsp3) is 0.389. The maximum Gasteiger partial charge on any atom is 0.293 e. The summed E-state index contributed by atoms with van der Waals surface area (Å²) < 4.78 is 0. The molecule has 1 aliphatic heterocycles. The van der Waals surface area contributed by atoms with Crippen LogP contribution in [0.2, 0.25) is 0 Å². The van der Waals surface area contributed by atoms with Crippen molar-refractivity contribution in [3.05, 3.63) is 51.8 Å². The second-order valence-electron chi connectivity index (χ2n) is 6.67. The van der Waals surface area contributed by atoms with Crippen LogP contribution in [0.15, 0.2) is 30.6 Å². The van der Waals surface area contributed by atoms with Crippen LogP contribution in [0.5, 0.6) is 0 Å². The van der Waals surface area contributed by atoms with Crippen LogP contribution in [0.4, 0.5) is 17.3 Å². The molecule has 1 aromatic heterocycles. The third-order valence-electron chi connectivity index (χ3n) is 4.89. The Morgan fingerprint density at radius 2 is 1.93 bits per heavy atom. The molecule has 1 amide bonds. The zero-order valence-corrected chi connectivity index (χ0v) is 15.4. The predicted molar refractivity (Wildman–Crippen MR) is 101 cm³/mol. The summed E-state index contributed by atoms with van der Waals surface area (Å²) in [6, 6.07) is 4.91. The van der Waals surface area contributed by atoms with Crippen molar-refractivity contribution < 1.29 is 14.6 Å². The second kappa shape index (κ2) is 8.09. The number of piperazine rings is 1. The summed E-state index contributed by atoms with van der Waals surface area (Å²) in [5, 5.41) is 14.0. The molecule has 0 unspecified atom stereocenters. The number of anilines is 2. The first-order chi connectivity index (χ1) is 13.0. The molecule has 0 spiro atoms. The van der Waals surface area contributed by atoms with E-state index in [1.165, 1.54) is 6.07 Å². The van der Waals surface area contributed by atoms with E-state index in [-0.39, 0.29) is 18.1 Å². The lowest BCUT2D eigenvalue weighted by atomic mass is 10.1. The summed E-state index contributed by atoms with van der Waals surface area (Å²) in [7, 11) is 0. The molecular formula is C18H23N6O3+. The van der Waals surface area contributed by atoms with E-state index in [9.17, 15) is 14.9 Å². The zero-order valence-electron chi connectivity index (χ0n) is 15.4. The quantitative estimate of drug-likeness (QED) is 0.580. The van der Waals surface area contributed by atoms with Crippen LogP contribution in [-0.4, -0.2) is 53.5 Å². The van der Waals surface area contributed by atoms with Gasteiger partial charge in [-0.1, -0.05) is 6.07 Å². The lowest BCUT2D eigenvalue weighted by Gasteiger charge is -2.31. The number of carbonyl (C=O) groups excluding carboxylic acids is 1. The number of carbonyl (C=O) groups is 1. The molecule has 9 nitrogen and oxygen atoms in total. The minimum atomic E-state index is -0.465. The first-order valence-electron chi connectivity index (χ1n) is 8.85. The second-order valence-corrected chi connectivity index (χ2v) is 6.67. The highest BCUT2D eigenvalue weighted by Gasteiger charge is 2.25. The van der Waals surface area contributed by atoms with Gasteiger partial charge in [-0.25, -0.2) is 9.97 Å². The minimum Gasteiger partial charge on any atom is -0.330 e. The lowest BCUT2D eigenvalue weighted by Crippen LogP contribution is -3.15. The molecule has 1 fully saturated rings. The van der Waals surface area contributed by atoms with Crippen LogP contribution in [0, 0.1) is 24.0 Å². The van der Waals surface area contributed by atoms with Crippen molar-refractivity contribution in [2.45, 2.75) is 13.8 Å². The van der Waals surface area contributed by atoms with Crippen molar-refractivity contribution in [3.8, 4) is 0 Å². The Hall–Kier alpha value is -3.07. The summed E-state index contributed by atoms with van der Waals surface area (Å²) >= 11 is 0. The Kier molecular flexibility index (Phi) is 5.60. The standard InChI is InChI=1S/C18H22N6O3/c1-13-4-5-15(24(26)27)17(14(13)2)21-16(25)12-22-8-10-23(11-9-22)18-19-6-3-7-20-18/h3-7H,8-12H2,1-2H3,(H,21,25)/p+1. The number of nitro groups is 1. The Bertz CT molecular complexity index is 834. The summed E-state index contributed by atoms with van der Waals surface area (Å²) in [6.45, 7) is 7.00. The van der Waals surface area contributed by atoms with Gasteiger partial charge >= 0.3 is 0 Å². The molecule has 2 heterocycles. The number of rotatable bonds is 5. The van der Waals surface area contributed by atoms with E-state index in [0.29, 0.717) is 11.6 Å². The van der Waals surface area contributed by atoms with Crippen molar-refractivity contribution >= 4 is 23.2 Å². The van der Waals surface area contributed by atoms with E-state index in [0.717, 1.165) is 42.2 Å². The van der Waals surface area contributed by atoms with Gasteiger partial charge in [-0.05, 0) is 31.0 Å². The molecule has 27 heavy (non-hydrogen) atoms. The van der Waals surface area contributed by atoms with Gasteiger partial charge in [-0.2, -0.15) is 0 Å². The van der Waals surface area contributed by atoms with Gasteiger partial charge in [-0.15, -0.1) is 0 Å². The van der Waals surface area contributed by atoms with Crippen LogP contribution in [0.25, 0.3) is 0 Å². The molecule has 0 saturated carbocycles. The van der Waals surface area contributed by atoms with Gasteiger partial charge < -0.3 is 15.1 Å². The monoisotopic (exact) mass is 371 g/mol. The number of aromatic nitrogens is 2. The van der Waals surface area contributed by atoms with E-state index >= 15 is 0 Å². The smallest absolute Gasteiger partial charge is 0.293 e. The van der Waals surface area contributed by atoms with Crippen molar-refractivity contribution in [3.63, 3.8) is 0 Å². The molecule has 0 radical (unpaired) electrons. The van der Waals surface area contributed by atoms with Crippen LogP contribution in [-0.2, 0) is 4.79 Å². The van der Waals surface area contributed by atoms with Crippen molar-refractivity contribution in [1.29, 1.82) is 0 Å².